The van der Waals surface area contributed by atoms with Gasteiger partial charge in [-0.1, -0.05) is 6.92 Å². The number of rotatable bonds is 5. The van der Waals surface area contributed by atoms with Gasteiger partial charge >= 0.3 is 0 Å². The molecule has 21 heavy (non-hydrogen) atoms. The Morgan fingerprint density at radius 3 is 2.71 bits per heavy atom. The van der Waals surface area contributed by atoms with Gasteiger partial charge in [0, 0.05) is 24.3 Å². The Morgan fingerprint density at radius 1 is 1.38 bits per heavy atom. The number of ketones is 1. The SMILES string of the molecule is C[C@@H](Cn1cnnc1[S@](C)=O)C(=O)c1ccc(F)c(F)c1. The summed E-state index contributed by atoms with van der Waals surface area (Å²) in [6.45, 7) is 1.85. The Labute approximate surface area is 122 Å². The first-order valence-corrected chi connectivity index (χ1v) is 7.66. The molecule has 8 heteroatoms. The highest BCUT2D eigenvalue weighted by molar-refractivity contribution is 7.84. The predicted molar refractivity (Wildman–Crippen MR) is 72.2 cm³/mol. The molecule has 1 aromatic heterocycles. The van der Waals surface area contributed by atoms with Gasteiger partial charge in [-0.05, 0) is 18.2 Å². The van der Waals surface area contributed by atoms with Gasteiger partial charge in [-0.15, -0.1) is 10.2 Å². The first-order chi connectivity index (χ1) is 9.90. The molecule has 0 saturated carbocycles. The summed E-state index contributed by atoms with van der Waals surface area (Å²) in [5.41, 5.74) is 0.0913. The molecule has 1 aromatic carbocycles. The fourth-order valence-corrected chi connectivity index (χ4v) is 2.52. The second kappa shape index (κ2) is 6.21. The Hall–Kier alpha value is -1.96. The average Bonchev–Trinajstić information content (AvgIpc) is 2.89. The molecule has 2 atom stereocenters. The third kappa shape index (κ3) is 3.38. The van der Waals surface area contributed by atoms with E-state index in [9.17, 15) is 17.8 Å². The van der Waals surface area contributed by atoms with E-state index in [4.69, 9.17) is 0 Å². The van der Waals surface area contributed by atoms with Crippen molar-refractivity contribution in [2.45, 2.75) is 18.6 Å². The van der Waals surface area contributed by atoms with Crippen molar-refractivity contribution in [1.82, 2.24) is 14.8 Å². The summed E-state index contributed by atoms with van der Waals surface area (Å²) in [4.78, 5) is 12.2. The van der Waals surface area contributed by atoms with E-state index in [0.29, 0.717) is 0 Å². The third-order valence-corrected chi connectivity index (χ3v) is 3.79. The van der Waals surface area contributed by atoms with Crippen LogP contribution in [0.5, 0.6) is 0 Å². The number of carbonyl (C=O) groups excluding carboxylic acids is 1. The van der Waals surface area contributed by atoms with Crippen molar-refractivity contribution in [2.24, 2.45) is 5.92 Å². The van der Waals surface area contributed by atoms with Gasteiger partial charge in [-0.25, -0.2) is 8.78 Å². The molecule has 0 fully saturated rings. The second-order valence-electron chi connectivity index (χ2n) is 4.61. The molecule has 0 aliphatic carbocycles. The molecular formula is C13H13F2N3O2S. The minimum Gasteiger partial charge on any atom is -0.306 e. The molecule has 1 heterocycles. The summed E-state index contributed by atoms with van der Waals surface area (Å²) >= 11 is 0. The van der Waals surface area contributed by atoms with E-state index in [-0.39, 0.29) is 23.0 Å². The number of hydrogen-bond donors (Lipinski definition) is 0. The van der Waals surface area contributed by atoms with Crippen molar-refractivity contribution in [3.8, 4) is 0 Å². The van der Waals surface area contributed by atoms with Crippen LogP contribution in [-0.2, 0) is 17.3 Å². The maximum Gasteiger partial charge on any atom is 0.221 e. The summed E-state index contributed by atoms with van der Waals surface area (Å²) in [6, 6.07) is 3.03. The van der Waals surface area contributed by atoms with Gasteiger partial charge in [0.05, 0.1) is 10.8 Å². The molecule has 0 amide bonds. The van der Waals surface area contributed by atoms with Gasteiger partial charge in [0.25, 0.3) is 0 Å². The molecule has 2 aromatic rings. The summed E-state index contributed by atoms with van der Waals surface area (Å²) in [7, 11) is -1.32. The number of benzene rings is 1. The fourth-order valence-electron chi connectivity index (χ4n) is 1.90. The standard InChI is InChI=1S/C13H13F2N3O2S/c1-8(6-18-7-16-17-13(18)21(2)20)12(19)9-3-4-10(14)11(15)5-9/h3-5,7-8H,6H2,1-2H3/t8-,21-/m0/s1. The maximum absolute atomic E-state index is 13.2. The van der Waals surface area contributed by atoms with Gasteiger partial charge in [-0.3, -0.25) is 9.00 Å². The normalized spacial score (nSPS) is 13.9. The highest BCUT2D eigenvalue weighted by Crippen LogP contribution is 2.15. The number of nitrogens with zero attached hydrogens (tertiary/aromatic N) is 3. The highest BCUT2D eigenvalue weighted by atomic mass is 32.2. The van der Waals surface area contributed by atoms with Crippen molar-refractivity contribution in [3.05, 3.63) is 41.7 Å². The molecule has 0 aliphatic heterocycles. The summed E-state index contributed by atoms with van der Waals surface area (Å²) in [5.74, 6) is -2.92. The Balaban J connectivity index is 2.17. The smallest absolute Gasteiger partial charge is 0.221 e. The summed E-state index contributed by atoms with van der Waals surface area (Å²) in [6.07, 6.45) is 2.84. The van der Waals surface area contributed by atoms with Crippen LogP contribution in [0.4, 0.5) is 8.78 Å². The lowest BCUT2D eigenvalue weighted by molar-refractivity contribution is 0.0916. The van der Waals surface area contributed by atoms with Crippen LogP contribution in [0.25, 0.3) is 0 Å². The molecule has 2 rings (SSSR count). The van der Waals surface area contributed by atoms with E-state index < -0.39 is 28.4 Å². The average molecular weight is 313 g/mol. The Morgan fingerprint density at radius 2 is 2.10 bits per heavy atom. The second-order valence-corrected chi connectivity index (χ2v) is 5.89. The molecule has 0 aliphatic rings. The zero-order valence-electron chi connectivity index (χ0n) is 11.4. The van der Waals surface area contributed by atoms with Gasteiger partial charge in [0.1, 0.15) is 6.33 Å². The molecule has 0 radical (unpaired) electrons. The van der Waals surface area contributed by atoms with Crippen molar-refractivity contribution in [3.63, 3.8) is 0 Å². The van der Waals surface area contributed by atoms with Crippen LogP contribution in [0, 0.1) is 17.6 Å². The van der Waals surface area contributed by atoms with Crippen LogP contribution in [0.3, 0.4) is 0 Å². The molecule has 112 valence electrons. The Bertz CT molecular complexity index is 702. The minimum absolute atomic E-state index is 0.0913. The molecule has 0 N–H and O–H groups in total. The van der Waals surface area contributed by atoms with Crippen molar-refractivity contribution in [1.29, 1.82) is 0 Å². The summed E-state index contributed by atoms with van der Waals surface area (Å²) in [5, 5.41) is 7.64. The van der Waals surface area contributed by atoms with E-state index in [1.165, 1.54) is 23.2 Å². The zero-order valence-corrected chi connectivity index (χ0v) is 12.2. The Kier molecular flexibility index (Phi) is 4.56. The number of hydrogen-bond acceptors (Lipinski definition) is 4. The number of Topliss-reactive ketones (excluding diaryl/α,β-unsaturated/α-hetero) is 1. The van der Waals surface area contributed by atoms with E-state index >= 15 is 0 Å². The van der Waals surface area contributed by atoms with Gasteiger partial charge < -0.3 is 4.57 Å². The van der Waals surface area contributed by atoms with Crippen LogP contribution < -0.4 is 0 Å². The number of carbonyl (C=O) groups is 1. The first-order valence-electron chi connectivity index (χ1n) is 6.10. The molecule has 0 saturated heterocycles. The van der Waals surface area contributed by atoms with E-state index in [1.54, 1.807) is 6.92 Å². The monoisotopic (exact) mass is 313 g/mol. The van der Waals surface area contributed by atoms with Gasteiger partial charge in [-0.2, -0.15) is 0 Å². The van der Waals surface area contributed by atoms with E-state index in [1.807, 2.05) is 0 Å². The van der Waals surface area contributed by atoms with Crippen LogP contribution >= 0.6 is 0 Å². The lowest BCUT2D eigenvalue weighted by atomic mass is 9.99. The van der Waals surface area contributed by atoms with Crippen molar-refractivity contribution < 1.29 is 17.8 Å². The molecular weight excluding hydrogens is 300 g/mol. The van der Waals surface area contributed by atoms with Crippen LogP contribution in [-0.4, -0.2) is 31.0 Å². The van der Waals surface area contributed by atoms with Gasteiger partial charge in [0.2, 0.25) is 5.16 Å². The fraction of sp³-hybridized carbons (Fsp3) is 0.308. The molecule has 0 unspecified atom stereocenters. The predicted octanol–water partition coefficient (Wildman–Crippen LogP) is 1.81. The maximum atomic E-state index is 13.2. The van der Waals surface area contributed by atoms with Crippen molar-refractivity contribution >= 4 is 16.6 Å². The van der Waals surface area contributed by atoms with Crippen LogP contribution in [0.2, 0.25) is 0 Å². The lowest BCUT2D eigenvalue weighted by Crippen LogP contribution is -2.19. The van der Waals surface area contributed by atoms with Crippen LogP contribution in [0.1, 0.15) is 17.3 Å². The quantitative estimate of drug-likeness (QED) is 0.790. The molecule has 0 bridgehead atoms. The molecule has 0 spiro atoms. The zero-order chi connectivity index (χ0) is 15.6. The topological polar surface area (TPSA) is 64.8 Å². The molecule has 5 nitrogen and oxygen atoms in total. The van der Waals surface area contributed by atoms with Gasteiger partial charge in [0.15, 0.2) is 17.4 Å². The summed E-state index contributed by atoms with van der Waals surface area (Å²) < 4.78 is 39.0. The number of aromatic nitrogens is 3. The van der Waals surface area contributed by atoms with Crippen molar-refractivity contribution in [2.75, 3.05) is 6.26 Å². The van der Waals surface area contributed by atoms with E-state index in [2.05, 4.69) is 10.2 Å². The third-order valence-electron chi connectivity index (χ3n) is 2.96. The van der Waals surface area contributed by atoms with E-state index in [0.717, 1.165) is 12.1 Å². The minimum atomic E-state index is -1.32. The number of halogens is 2. The highest BCUT2D eigenvalue weighted by Gasteiger charge is 2.19. The first kappa shape index (κ1) is 15.4. The lowest BCUT2D eigenvalue weighted by Gasteiger charge is -2.12. The largest absolute Gasteiger partial charge is 0.306 e. The van der Waals surface area contributed by atoms with Crippen LogP contribution in [0.15, 0.2) is 29.7 Å².